The predicted octanol–water partition coefficient (Wildman–Crippen LogP) is 11.4. The third-order valence-corrected chi connectivity index (χ3v) is 3.79. The minimum atomic E-state index is -10.7. The van der Waals surface area contributed by atoms with Gasteiger partial charge >= 0.3 is 131 Å². The van der Waals surface area contributed by atoms with Gasteiger partial charge in [-0.2, -0.15) is 61.0 Å². The summed E-state index contributed by atoms with van der Waals surface area (Å²) in [5.41, 5.74) is 0. The largest absolute Gasteiger partial charge is 2.00 e. The van der Waals surface area contributed by atoms with Crippen LogP contribution in [0.15, 0.2) is 60.7 Å². The Morgan fingerprint density at radius 2 is 0.700 bits per heavy atom. The number of halogens is 6. The van der Waals surface area contributed by atoms with Crippen LogP contribution < -0.4 is 0 Å². The molecule has 0 radical (unpaired) electrons. The number of hydrogen-bond donors (Lipinski definition) is 0. The Morgan fingerprint density at radius 1 is 0.575 bits per heavy atom. The molecule has 2 aromatic carbocycles. The van der Waals surface area contributed by atoms with Gasteiger partial charge in [-0.1, -0.05) is 27.7 Å². The van der Waals surface area contributed by atoms with Crippen LogP contribution in [-0.2, 0) is 78.5 Å². The van der Waals surface area contributed by atoms with Gasteiger partial charge in [-0.3, -0.25) is 0 Å². The molecule has 0 aliphatic rings. The van der Waals surface area contributed by atoms with Gasteiger partial charge in [-0.05, 0) is 20.0 Å². The van der Waals surface area contributed by atoms with E-state index in [1.807, 2.05) is 60.7 Å². The van der Waals surface area contributed by atoms with E-state index in [0.717, 1.165) is 0 Å². The zero-order chi connectivity index (χ0) is 31.3. The second kappa shape index (κ2) is 50.0. The normalized spacial score (nSPS) is 9.20. The summed E-state index contributed by atoms with van der Waals surface area (Å²) in [5.74, 6) is 0. The van der Waals surface area contributed by atoms with Gasteiger partial charge in [0, 0.05) is 0 Å². The van der Waals surface area contributed by atoms with Crippen molar-refractivity contribution in [1.82, 2.24) is 0 Å². The van der Waals surface area contributed by atoms with Crippen LogP contribution in [0.4, 0.5) is 25.2 Å². The van der Waals surface area contributed by atoms with Gasteiger partial charge in [0.05, 0.1) is 0 Å². The van der Waals surface area contributed by atoms with E-state index < -0.39 is 7.81 Å². The van der Waals surface area contributed by atoms with E-state index in [1.54, 1.807) is 17.2 Å². The maximum atomic E-state index is 9.87. The van der Waals surface area contributed by atoms with Crippen molar-refractivity contribution in [3.8, 4) is 0 Å². The zero-order valence-electron chi connectivity index (χ0n) is 23.5. The molecule has 0 aromatic heterocycles. The molecule has 3 nitrogen and oxygen atoms in total. The minimum Gasteiger partial charge on any atom is -0.214 e. The third-order valence-electron chi connectivity index (χ3n) is 2.01. The average Bonchev–Trinajstić information content (AvgIpc) is 3.56. The van der Waals surface area contributed by atoms with Crippen LogP contribution in [-0.4, -0.2) is 44.6 Å². The molecule has 0 amide bonds. The molecule has 0 heterocycles. The smallest absolute Gasteiger partial charge is 0.214 e. The molecule has 0 saturated carbocycles. The first-order chi connectivity index (χ1) is 17.0. The predicted molar refractivity (Wildman–Crippen MR) is 150 cm³/mol. The fraction of sp³-hybridized carbons (Fsp3) is 0.458. The van der Waals surface area contributed by atoms with Crippen molar-refractivity contribution in [2.75, 3.05) is 44.6 Å². The Kier molecular flexibility index (Phi) is 85.6. The van der Waals surface area contributed by atoms with Gasteiger partial charge in [0.15, 0.2) is 0 Å². The second-order valence-electron chi connectivity index (χ2n) is 5.94. The van der Waals surface area contributed by atoms with Crippen LogP contribution >= 0.6 is 32.9 Å². The van der Waals surface area contributed by atoms with Crippen molar-refractivity contribution >= 4 is 32.9 Å². The first-order valence-electron chi connectivity index (χ1n) is 10.4. The molecular weight excluding hydrogens is 963 g/mol. The van der Waals surface area contributed by atoms with Crippen molar-refractivity contribution in [2.45, 2.75) is 27.7 Å². The topological polar surface area (TPSA) is 59.7 Å². The molecule has 238 valence electrons. The summed E-state index contributed by atoms with van der Waals surface area (Å²) in [6.45, 7) is 29.0. The molecule has 0 aliphatic carbocycles. The van der Waals surface area contributed by atoms with E-state index in [4.69, 9.17) is 14.0 Å². The summed E-state index contributed by atoms with van der Waals surface area (Å²) in [5, 5.41) is 0. The minimum absolute atomic E-state index is 0. The first-order valence-corrected chi connectivity index (χ1v) is 17.6. The summed E-state index contributed by atoms with van der Waals surface area (Å²) in [6, 6.07) is 20.0. The fourth-order valence-corrected chi connectivity index (χ4v) is 1.98. The summed E-state index contributed by atoms with van der Waals surface area (Å²) in [4.78, 5) is 0. The van der Waals surface area contributed by atoms with Gasteiger partial charge in [0.25, 0.3) is 0 Å². The molecule has 0 N–H and O–H groups in total. The molecular formula is C24H39AuF6Mo2O3P4. The summed E-state index contributed by atoms with van der Waals surface area (Å²) >= 11 is 0. The number of rotatable bonds is 4. The van der Waals surface area contributed by atoms with Crippen molar-refractivity contribution in [3.05, 3.63) is 80.6 Å². The van der Waals surface area contributed by atoms with Gasteiger partial charge < -0.3 is 17.2 Å². The molecule has 40 heavy (non-hydrogen) atoms. The van der Waals surface area contributed by atoms with Crippen LogP contribution in [0.2, 0.25) is 0 Å². The van der Waals surface area contributed by atoms with Crippen LogP contribution in [0, 0.1) is 20.0 Å². The van der Waals surface area contributed by atoms with E-state index in [1.165, 1.54) is 24.6 Å². The van der Waals surface area contributed by atoms with Crippen molar-refractivity contribution in [2.24, 2.45) is 0 Å². The van der Waals surface area contributed by atoms with E-state index in [2.05, 4.69) is 67.6 Å². The SMILES string of the molecule is CC[P-]CC.CC[P-]CC.CP(C)C.F[P-](F)(F)(F)(F)F.[Au+].[C-]#[O+].[C-]#[O+].[C-]#[O+].[Mo+2].[Mo+2].c1cc[cH-]c1.c1cc[cH-]c1. The maximum absolute atomic E-state index is 10.7. The average molecular weight is 1000 g/mol. The Hall–Kier alpha value is 1.34. The molecule has 0 unspecified atom stereocenters. The van der Waals surface area contributed by atoms with Crippen molar-refractivity contribution in [3.63, 3.8) is 0 Å². The van der Waals surface area contributed by atoms with Gasteiger partial charge in [0.2, 0.25) is 0 Å². The Bertz CT molecular complexity index is 560. The molecule has 0 bridgehead atoms. The van der Waals surface area contributed by atoms with Gasteiger partial charge in [-0.25, -0.2) is 24.3 Å². The van der Waals surface area contributed by atoms with Crippen LogP contribution in [0.3, 0.4) is 0 Å². The molecule has 0 saturated heterocycles. The standard InChI is InChI=1S/2C5H5.2C4H10P.C3H9P.3CO.Au.F6P.2Mo/c2*1-2-4-5-3-1;2*1-3-5-4-2;1-4(2)3;3*1-2;;1-7(2,3,4,5)6;;/h2*1-5H;2*3-4H2,1-2H3;1-3H3;;;;;;;/q4*-1;;;;;+1;-1;2*+2. The fourth-order valence-electron chi connectivity index (χ4n) is 1.09. The van der Waals surface area contributed by atoms with E-state index >= 15 is 0 Å². The molecule has 2 rings (SSSR count). The van der Waals surface area contributed by atoms with E-state index in [0.29, 0.717) is 7.92 Å². The summed E-state index contributed by atoms with van der Waals surface area (Å²) < 4.78 is 81.7. The van der Waals surface area contributed by atoms with E-state index in [-0.39, 0.29) is 64.5 Å². The Labute approximate surface area is 287 Å². The first kappa shape index (κ1) is 68.5. The summed E-state index contributed by atoms with van der Waals surface area (Å²) in [7, 11) is -7.12. The van der Waals surface area contributed by atoms with Crippen LogP contribution in [0.25, 0.3) is 0 Å². The van der Waals surface area contributed by atoms with Crippen molar-refractivity contribution < 1.29 is 104 Å². The molecule has 0 aliphatic heterocycles. The molecule has 0 atom stereocenters. The maximum Gasteiger partial charge on any atom is 2.00 e. The Morgan fingerprint density at radius 3 is 0.725 bits per heavy atom. The second-order valence-corrected chi connectivity index (χ2v) is 14.0. The quantitative estimate of drug-likeness (QED) is 0.0964. The van der Waals surface area contributed by atoms with E-state index in [9.17, 15) is 25.2 Å². The van der Waals surface area contributed by atoms with Crippen molar-refractivity contribution in [1.29, 1.82) is 0 Å². The monoisotopic (exact) mass is 1010 g/mol. The van der Waals surface area contributed by atoms with Crippen LogP contribution in [0.5, 0.6) is 0 Å². The molecule has 16 heteroatoms. The Balaban J connectivity index is -0.0000000322. The molecule has 0 fully saturated rings. The molecule has 2 aromatic rings. The number of hydrogen-bond acceptors (Lipinski definition) is 0. The van der Waals surface area contributed by atoms with Crippen LogP contribution in [0.1, 0.15) is 27.7 Å². The summed E-state index contributed by atoms with van der Waals surface area (Å²) in [6.07, 6.45) is 5.26. The zero-order valence-corrected chi connectivity index (χ0v) is 33.3. The molecule has 0 spiro atoms. The van der Waals surface area contributed by atoms with Gasteiger partial charge in [-0.15, -0.1) is 7.92 Å². The third kappa shape index (κ3) is 246. The van der Waals surface area contributed by atoms with Gasteiger partial charge in [0.1, 0.15) is 0 Å².